The fourth-order valence-corrected chi connectivity index (χ4v) is 2.03. The van der Waals surface area contributed by atoms with Crippen LogP contribution in [0.1, 0.15) is 35.3 Å². The monoisotopic (exact) mass is 280 g/mol. The van der Waals surface area contributed by atoms with Gasteiger partial charge in [0.2, 0.25) is 0 Å². The van der Waals surface area contributed by atoms with Crippen LogP contribution in [0, 0.1) is 0 Å². The van der Waals surface area contributed by atoms with Gasteiger partial charge in [-0.2, -0.15) is 13.2 Å². The zero-order valence-electron chi connectivity index (χ0n) is 11.0. The Kier molecular flexibility index (Phi) is 4.14. The summed E-state index contributed by atoms with van der Waals surface area (Å²) < 4.78 is 37.4. The molecule has 0 aliphatic carbocycles. The standard InChI is InChI=1S/C16H15F3O/c1-2-11-4-3-5-13(10-11)15(20)12-6-8-14(9-7-12)16(17,18)19/h3-10,15,20H,2H2,1H3. The van der Waals surface area contributed by atoms with E-state index >= 15 is 0 Å². The lowest BCUT2D eigenvalue weighted by Gasteiger charge is -2.14. The lowest BCUT2D eigenvalue weighted by molar-refractivity contribution is -0.137. The molecule has 20 heavy (non-hydrogen) atoms. The number of aryl methyl sites for hydroxylation is 1. The van der Waals surface area contributed by atoms with Gasteiger partial charge in [-0.3, -0.25) is 0 Å². The predicted molar refractivity (Wildman–Crippen MR) is 71.3 cm³/mol. The highest BCUT2D eigenvalue weighted by Gasteiger charge is 2.30. The van der Waals surface area contributed by atoms with Crippen molar-refractivity contribution < 1.29 is 18.3 Å². The lowest BCUT2D eigenvalue weighted by atomic mass is 9.98. The molecule has 4 heteroatoms. The molecule has 0 radical (unpaired) electrons. The van der Waals surface area contributed by atoms with Crippen LogP contribution in [0.3, 0.4) is 0 Å². The second-order valence-electron chi connectivity index (χ2n) is 4.62. The Bertz CT molecular complexity index is 573. The van der Waals surface area contributed by atoms with Gasteiger partial charge >= 0.3 is 6.18 Å². The summed E-state index contributed by atoms with van der Waals surface area (Å²) in [5.74, 6) is 0. The maximum atomic E-state index is 12.5. The molecule has 2 aromatic carbocycles. The highest BCUT2D eigenvalue weighted by molar-refractivity contribution is 5.34. The van der Waals surface area contributed by atoms with E-state index in [2.05, 4.69) is 0 Å². The van der Waals surface area contributed by atoms with Gasteiger partial charge < -0.3 is 5.11 Å². The predicted octanol–water partition coefficient (Wildman–Crippen LogP) is 4.35. The Hall–Kier alpha value is -1.81. The molecule has 1 atom stereocenters. The van der Waals surface area contributed by atoms with Crippen molar-refractivity contribution in [1.29, 1.82) is 0 Å². The molecule has 2 rings (SSSR count). The molecule has 0 heterocycles. The van der Waals surface area contributed by atoms with Gasteiger partial charge in [-0.25, -0.2) is 0 Å². The van der Waals surface area contributed by atoms with Gasteiger partial charge in [0, 0.05) is 0 Å². The Morgan fingerprint density at radius 3 is 2.20 bits per heavy atom. The second-order valence-corrected chi connectivity index (χ2v) is 4.62. The normalized spacial score (nSPS) is 13.2. The van der Waals surface area contributed by atoms with Crippen LogP contribution >= 0.6 is 0 Å². The average Bonchev–Trinajstić information content (AvgIpc) is 2.46. The Morgan fingerprint density at radius 2 is 1.65 bits per heavy atom. The minimum absolute atomic E-state index is 0.450. The van der Waals surface area contributed by atoms with E-state index in [0.29, 0.717) is 11.1 Å². The van der Waals surface area contributed by atoms with E-state index in [1.54, 1.807) is 6.07 Å². The van der Waals surface area contributed by atoms with Crippen molar-refractivity contribution in [3.8, 4) is 0 Å². The first-order chi connectivity index (χ1) is 9.41. The molecule has 1 unspecified atom stereocenters. The van der Waals surface area contributed by atoms with Crippen molar-refractivity contribution in [2.75, 3.05) is 0 Å². The Labute approximate surface area is 115 Å². The second kappa shape index (κ2) is 5.67. The van der Waals surface area contributed by atoms with Gasteiger partial charge in [0.1, 0.15) is 6.10 Å². The lowest BCUT2D eigenvalue weighted by Crippen LogP contribution is -2.06. The molecule has 0 amide bonds. The van der Waals surface area contributed by atoms with Gasteiger partial charge in [-0.15, -0.1) is 0 Å². The number of hydrogen-bond donors (Lipinski definition) is 1. The van der Waals surface area contributed by atoms with E-state index in [0.717, 1.165) is 24.1 Å². The SMILES string of the molecule is CCc1cccc(C(O)c2ccc(C(F)(F)F)cc2)c1. The molecule has 0 fully saturated rings. The molecule has 1 nitrogen and oxygen atoms in total. The van der Waals surface area contributed by atoms with Crippen LogP contribution in [0.2, 0.25) is 0 Å². The molecule has 2 aromatic rings. The molecular formula is C16H15F3O. The molecule has 0 spiro atoms. The molecule has 106 valence electrons. The van der Waals surface area contributed by atoms with Crippen molar-refractivity contribution in [2.24, 2.45) is 0 Å². The summed E-state index contributed by atoms with van der Waals surface area (Å²) in [5, 5.41) is 10.2. The van der Waals surface area contributed by atoms with Gasteiger partial charge in [0.25, 0.3) is 0 Å². The number of rotatable bonds is 3. The number of benzene rings is 2. The summed E-state index contributed by atoms with van der Waals surface area (Å²) >= 11 is 0. The Morgan fingerprint density at radius 1 is 1.00 bits per heavy atom. The van der Waals surface area contributed by atoms with Crippen molar-refractivity contribution in [3.63, 3.8) is 0 Å². The summed E-state index contributed by atoms with van der Waals surface area (Å²) in [5.41, 5.74) is 1.50. The number of aliphatic hydroxyl groups excluding tert-OH is 1. The van der Waals surface area contributed by atoms with Gasteiger partial charge in [-0.05, 0) is 35.2 Å². The highest BCUT2D eigenvalue weighted by Crippen LogP contribution is 2.31. The van der Waals surface area contributed by atoms with Crippen molar-refractivity contribution >= 4 is 0 Å². The number of aliphatic hydroxyl groups is 1. The molecule has 0 saturated heterocycles. The fourth-order valence-electron chi connectivity index (χ4n) is 2.03. The van der Waals surface area contributed by atoms with Crippen LogP contribution in [0.4, 0.5) is 13.2 Å². The van der Waals surface area contributed by atoms with Crippen molar-refractivity contribution in [2.45, 2.75) is 25.6 Å². The maximum Gasteiger partial charge on any atom is 0.416 e. The van der Waals surface area contributed by atoms with E-state index in [4.69, 9.17) is 0 Å². The zero-order chi connectivity index (χ0) is 14.8. The van der Waals surface area contributed by atoms with E-state index < -0.39 is 17.8 Å². The first-order valence-corrected chi connectivity index (χ1v) is 6.36. The topological polar surface area (TPSA) is 20.2 Å². The summed E-state index contributed by atoms with van der Waals surface area (Å²) in [4.78, 5) is 0. The van der Waals surface area contributed by atoms with Crippen molar-refractivity contribution in [3.05, 3.63) is 70.8 Å². The zero-order valence-corrected chi connectivity index (χ0v) is 11.0. The quantitative estimate of drug-likeness (QED) is 0.886. The molecule has 0 aliphatic rings. The number of hydrogen-bond acceptors (Lipinski definition) is 1. The van der Waals surface area contributed by atoms with Crippen LogP contribution in [-0.4, -0.2) is 5.11 Å². The molecule has 1 N–H and O–H groups in total. The van der Waals surface area contributed by atoms with Gasteiger partial charge in [0.15, 0.2) is 0 Å². The smallest absolute Gasteiger partial charge is 0.384 e. The summed E-state index contributed by atoms with van der Waals surface area (Å²) in [6.07, 6.45) is -4.43. The summed E-state index contributed by atoms with van der Waals surface area (Å²) in [7, 11) is 0. The average molecular weight is 280 g/mol. The highest BCUT2D eigenvalue weighted by atomic mass is 19.4. The largest absolute Gasteiger partial charge is 0.416 e. The Balaban J connectivity index is 2.26. The third kappa shape index (κ3) is 3.20. The number of halogens is 3. The van der Waals surface area contributed by atoms with E-state index in [1.807, 2.05) is 25.1 Å². The minimum Gasteiger partial charge on any atom is -0.384 e. The first kappa shape index (κ1) is 14.6. The first-order valence-electron chi connectivity index (χ1n) is 6.36. The van der Waals surface area contributed by atoms with E-state index in [9.17, 15) is 18.3 Å². The van der Waals surface area contributed by atoms with Crippen LogP contribution < -0.4 is 0 Å². The molecule has 0 aliphatic heterocycles. The maximum absolute atomic E-state index is 12.5. The van der Waals surface area contributed by atoms with Crippen LogP contribution in [0.15, 0.2) is 48.5 Å². The van der Waals surface area contributed by atoms with Crippen LogP contribution in [0.25, 0.3) is 0 Å². The van der Waals surface area contributed by atoms with E-state index in [1.165, 1.54) is 12.1 Å². The van der Waals surface area contributed by atoms with E-state index in [-0.39, 0.29) is 0 Å². The molecular weight excluding hydrogens is 265 g/mol. The van der Waals surface area contributed by atoms with Gasteiger partial charge in [-0.1, -0.05) is 43.3 Å². The van der Waals surface area contributed by atoms with Crippen LogP contribution in [-0.2, 0) is 12.6 Å². The minimum atomic E-state index is -4.36. The molecule has 0 saturated carbocycles. The molecule has 0 aromatic heterocycles. The third-order valence-electron chi connectivity index (χ3n) is 3.23. The summed E-state index contributed by atoms with van der Waals surface area (Å²) in [6, 6.07) is 12.0. The number of alkyl halides is 3. The van der Waals surface area contributed by atoms with Gasteiger partial charge in [0.05, 0.1) is 5.56 Å². The summed E-state index contributed by atoms with van der Waals surface area (Å²) in [6.45, 7) is 2.00. The molecule has 0 bridgehead atoms. The fraction of sp³-hybridized carbons (Fsp3) is 0.250. The van der Waals surface area contributed by atoms with Crippen molar-refractivity contribution in [1.82, 2.24) is 0 Å². The van der Waals surface area contributed by atoms with Crippen LogP contribution in [0.5, 0.6) is 0 Å². The third-order valence-corrected chi connectivity index (χ3v) is 3.23.